The summed E-state index contributed by atoms with van der Waals surface area (Å²) in [5.41, 5.74) is 3.76. The molecule has 0 aliphatic carbocycles. The van der Waals surface area contributed by atoms with E-state index in [-0.39, 0.29) is 18.9 Å². The maximum atomic E-state index is 3.55. The van der Waals surface area contributed by atoms with Gasteiger partial charge in [0.25, 0.3) is 0 Å². The molecule has 2 aromatic carbocycles. The molecule has 0 aliphatic rings. The quantitative estimate of drug-likeness (QED) is 0.428. The first-order valence-electron chi connectivity index (χ1n) is 6.63. The van der Waals surface area contributed by atoms with Crippen molar-refractivity contribution in [1.29, 1.82) is 0 Å². The van der Waals surface area contributed by atoms with Crippen molar-refractivity contribution in [2.75, 3.05) is 0 Å². The summed E-state index contributed by atoms with van der Waals surface area (Å²) < 4.78 is 0. The van der Waals surface area contributed by atoms with Crippen molar-refractivity contribution >= 4 is 5.57 Å². The van der Waals surface area contributed by atoms with Crippen molar-refractivity contribution in [3.05, 3.63) is 77.9 Å². The summed E-state index contributed by atoms with van der Waals surface area (Å²) in [6.07, 6.45) is 7.07. The molecular weight excluding hydrogens is 223 g/mol. The number of unbranched alkanes of at least 4 members (excludes halogenated alkanes) is 1. The van der Waals surface area contributed by atoms with Gasteiger partial charge in [-0.3, -0.25) is 0 Å². The standard InChI is InChI=1S/C18H19.Li/c1-2-3-12-18(17-13-8-5-9-14-17)15-16-10-6-4-7-11-16;/h4-11,13-14H,2-3,12H2,1H3;/q-1;+1. The van der Waals surface area contributed by atoms with E-state index < -0.39 is 0 Å². The average molecular weight is 242 g/mol. The maximum Gasteiger partial charge on any atom is 1.00 e. The summed E-state index contributed by atoms with van der Waals surface area (Å²) in [6, 6.07) is 21.0. The van der Waals surface area contributed by atoms with E-state index in [2.05, 4.69) is 67.6 Å². The van der Waals surface area contributed by atoms with E-state index in [1.54, 1.807) is 0 Å². The van der Waals surface area contributed by atoms with Gasteiger partial charge in [-0.25, -0.2) is 0 Å². The van der Waals surface area contributed by atoms with Crippen LogP contribution in [-0.4, -0.2) is 0 Å². The molecule has 0 aliphatic heterocycles. The fraction of sp³-hybridized carbons (Fsp3) is 0.222. The van der Waals surface area contributed by atoms with Gasteiger partial charge in [-0.2, -0.15) is 0 Å². The molecule has 0 heterocycles. The minimum Gasteiger partial charge on any atom is -0.149 e. The topological polar surface area (TPSA) is 0 Å². The summed E-state index contributed by atoms with van der Waals surface area (Å²) in [5, 5.41) is 0. The van der Waals surface area contributed by atoms with Crippen molar-refractivity contribution in [2.24, 2.45) is 0 Å². The molecule has 1 heteroatoms. The van der Waals surface area contributed by atoms with Gasteiger partial charge in [0.2, 0.25) is 0 Å². The van der Waals surface area contributed by atoms with Crippen LogP contribution in [-0.2, 0) is 0 Å². The maximum absolute atomic E-state index is 3.55. The Morgan fingerprint density at radius 3 is 2.05 bits per heavy atom. The number of hydrogen-bond acceptors (Lipinski definition) is 0. The van der Waals surface area contributed by atoms with Crippen LogP contribution in [0.15, 0.2) is 60.7 Å². The van der Waals surface area contributed by atoms with Gasteiger partial charge in [0.05, 0.1) is 0 Å². The first kappa shape index (κ1) is 15.8. The molecule has 2 rings (SSSR count). The van der Waals surface area contributed by atoms with Crippen LogP contribution in [0.1, 0.15) is 37.3 Å². The van der Waals surface area contributed by atoms with Crippen molar-refractivity contribution in [2.45, 2.75) is 26.2 Å². The van der Waals surface area contributed by atoms with Gasteiger partial charge in [-0.15, -0.1) is 41.5 Å². The molecule has 0 N–H and O–H groups in total. The minimum absolute atomic E-state index is 0. The first-order chi connectivity index (χ1) is 8.90. The van der Waals surface area contributed by atoms with Crippen LogP contribution in [0, 0.1) is 6.08 Å². The van der Waals surface area contributed by atoms with Gasteiger partial charge in [0, 0.05) is 0 Å². The Kier molecular flexibility index (Phi) is 7.34. The summed E-state index contributed by atoms with van der Waals surface area (Å²) in [5.74, 6) is 0. The van der Waals surface area contributed by atoms with Crippen molar-refractivity contribution in [3.8, 4) is 0 Å². The van der Waals surface area contributed by atoms with Gasteiger partial charge >= 0.3 is 18.9 Å². The Morgan fingerprint density at radius 1 is 0.895 bits per heavy atom. The average Bonchev–Trinajstić information content (AvgIpc) is 2.45. The van der Waals surface area contributed by atoms with Crippen molar-refractivity contribution < 1.29 is 18.9 Å². The fourth-order valence-electron chi connectivity index (χ4n) is 1.97. The molecule has 0 nitrogen and oxygen atoms in total. The predicted molar refractivity (Wildman–Crippen MR) is 78.2 cm³/mol. The smallest absolute Gasteiger partial charge is 0.149 e. The zero-order valence-electron chi connectivity index (χ0n) is 11.9. The molecule has 0 fully saturated rings. The van der Waals surface area contributed by atoms with E-state index in [1.165, 1.54) is 24.0 Å². The molecule has 0 radical (unpaired) electrons. The van der Waals surface area contributed by atoms with Crippen LogP contribution < -0.4 is 18.9 Å². The zero-order chi connectivity index (χ0) is 12.6. The predicted octanol–water partition coefficient (Wildman–Crippen LogP) is 2.12. The van der Waals surface area contributed by atoms with Gasteiger partial charge in [0.15, 0.2) is 0 Å². The van der Waals surface area contributed by atoms with Crippen LogP contribution in [0.3, 0.4) is 0 Å². The second-order valence-electron chi connectivity index (χ2n) is 4.44. The van der Waals surface area contributed by atoms with E-state index in [1.807, 2.05) is 6.07 Å². The molecule has 92 valence electrons. The Labute approximate surface area is 128 Å². The van der Waals surface area contributed by atoms with Crippen LogP contribution in [0.25, 0.3) is 5.57 Å². The van der Waals surface area contributed by atoms with E-state index in [0.717, 1.165) is 12.0 Å². The summed E-state index contributed by atoms with van der Waals surface area (Å²) in [4.78, 5) is 0. The van der Waals surface area contributed by atoms with Gasteiger partial charge in [-0.1, -0.05) is 61.7 Å². The molecule has 0 saturated heterocycles. The first-order valence-corrected chi connectivity index (χ1v) is 6.63. The second kappa shape index (κ2) is 8.81. The minimum atomic E-state index is 0. The van der Waals surface area contributed by atoms with Crippen LogP contribution in [0.4, 0.5) is 0 Å². The third-order valence-corrected chi connectivity index (χ3v) is 2.97. The van der Waals surface area contributed by atoms with Crippen LogP contribution in [0.2, 0.25) is 0 Å². The number of hydrogen-bond donors (Lipinski definition) is 0. The second-order valence-corrected chi connectivity index (χ2v) is 4.44. The monoisotopic (exact) mass is 242 g/mol. The molecule has 0 spiro atoms. The number of allylic oxidation sites excluding steroid dienone is 1. The Bertz CT molecular complexity index is 486. The van der Waals surface area contributed by atoms with Gasteiger partial charge in [-0.05, 0) is 6.42 Å². The molecule has 0 amide bonds. The number of benzene rings is 2. The van der Waals surface area contributed by atoms with Gasteiger partial charge < -0.3 is 0 Å². The van der Waals surface area contributed by atoms with Crippen molar-refractivity contribution in [1.82, 2.24) is 0 Å². The Hall–Kier alpha value is -1.22. The summed E-state index contributed by atoms with van der Waals surface area (Å²) in [6.45, 7) is 2.23. The van der Waals surface area contributed by atoms with E-state index >= 15 is 0 Å². The molecular formula is C18H19Li. The molecule has 0 saturated carbocycles. The third kappa shape index (κ3) is 5.11. The van der Waals surface area contributed by atoms with E-state index in [0.29, 0.717) is 0 Å². The fourth-order valence-corrected chi connectivity index (χ4v) is 1.97. The largest absolute Gasteiger partial charge is 1.00 e. The SMILES string of the molecule is CCCCC(=[C-]c1ccccc1)c1ccccc1.[Li+]. The molecule has 0 atom stereocenters. The zero-order valence-corrected chi connectivity index (χ0v) is 11.9. The molecule has 2 aromatic rings. The van der Waals surface area contributed by atoms with Crippen LogP contribution >= 0.6 is 0 Å². The molecule has 0 bridgehead atoms. The molecule has 19 heavy (non-hydrogen) atoms. The summed E-state index contributed by atoms with van der Waals surface area (Å²) >= 11 is 0. The van der Waals surface area contributed by atoms with Crippen molar-refractivity contribution in [3.63, 3.8) is 0 Å². The van der Waals surface area contributed by atoms with Gasteiger partial charge in [0.1, 0.15) is 0 Å². The summed E-state index contributed by atoms with van der Waals surface area (Å²) in [7, 11) is 0. The Morgan fingerprint density at radius 2 is 1.47 bits per heavy atom. The molecule has 0 unspecified atom stereocenters. The Balaban J connectivity index is 0.00000180. The molecule has 0 aromatic heterocycles. The van der Waals surface area contributed by atoms with E-state index in [9.17, 15) is 0 Å². The van der Waals surface area contributed by atoms with E-state index in [4.69, 9.17) is 0 Å². The normalized spacial score (nSPS) is 10.9. The number of rotatable bonds is 5. The third-order valence-electron chi connectivity index (χ3n) is 2.97. The van der Waals surface area contributed by atoms with Crippen LogP contribution in [0.5, 0.6) is 0 Å².